The highest BCUT2D eigenvalue weighted by molar-refractivity contribution is 7.87. The summed E-state index contributed by atoms with van der Waals surface area (Å²) in [4.78, 5) is 13.6. The smallest absolute Gasteiger partial charge is 0.278 e. The van der Waals surface area contributed by atoms with Gasteiger partial charge in [0, 0.05) is 40.2 Å². The van der Waals surface area contributed by atoms with Crippen molar-refractivity contribution in [2.45, 2.75) is 13.0 Å². The van der Waals surface area contributed by atoms with E-state index in [0.29, 0.717) is 19.5 Å². The zero-order valence-electron chi connectivity index (χ0n) is 12.6. The fourth-order valence-electron chi connectivity index (χ4n) is 2.31. The van der Waals surface area contributed by atoms with Crippen LogP contribution < -0.4 is 4.72 Å². The highest BCUT2D eigenvalue weighted by Gasteiger charge is 2.30. The molecule has 1 saturated heterocycles. The second kappa shape index (κ2) is 6.72. The second-order valence-electron chi connectivity index (χ2n) is 5.61. The van der Waals surface area contributed by atoms with Crippen molar-refractivity contribution in [2.24, 2.45) is 5.92 Å². The van der Waals surface area contributed by atoms with Crippen LogP contribution in [-0.2, 0) is 21.5 Å². The van der Waals surface area contributed by atoms with E-state index in [1.165, 1.54) is 26.2 Å². The Morgan fingerprint density at radius 2 is 1.95 bits per heavy atom. The Morgan fingerprint density at radius 1 is 1.32 bits per heavy atom. The number of hydrogen-bond donors (Lipinski definition) is 1. The Hall–Kier alpha value is -1.51. The zero-order valence-corrected chi connectivity index (χ0v) is 13.4. The monoisotopic (exact) mass is 329 g/mol. The quantitative estimate of drug-likeness (QED) is 0.829. The molecule has 6 nitrogen and oxygen atoms in total. The SMILES string of the molecule is CN(C)S(=O)(=O)NCC1CC(=O)N(Cc2ccc(F)cc2)C1. The molecule has 1 N–H and O–H groups in total. The molecule has 0 bridgehead atoms. The number of nitrogens with one attached hydrogen (secondary N) is 1. The van der Waals surface area contributed by atoms with Crippen molar-refractivity contribution in [3.63, 3.8) is 0 Å². The normalized spacial score (nSPS) is 19.2. The summed E-state index contributed by atoms with van der Waals surface area (Å²) in [5.74, 6) is -0.381. The molecule has 1 unspecified atom stereocenters. The van der Waals surface area contributed by atoms with Gasteiger partial charge >= 0.3 is 0 Å². The Balaban J connectivity index is 1.89. The third kappa shape index (κ3) is 4.25. The fourth-order valence-corrected chi connectivity index (χ4v) is 3.01. The van der Waals surface area contributed by atoms with Crippen molar-refractivity contribution in [1.29, 1.82) is 0 Å². The molecule has 1 heterocycles. The molecule has 0 saturated carbocycles. The van der Waals surface area contributed by atoms with Crippen molar-refractivity contribution < 1.29 is 17.6 Å². The molecular formula is C14H20FN3O3S. The van der Waals surface area contributed by atoms with E-state index in [1.807, 2.05) is 0 Å². The standard InChI is InChI=1S/C14H20FN3O3S/c1-17(2)22(20,21)16-8-12-7-14(19)18(10-12)9-11-3-5-13(15)6-4-11/h3-6,12,16H,7-10H2,1-2H3. The van der Waals surface area contributed by atoms with Crippen LogP contribution in [0.4, 0.5) is 4.39 Å². The Morgan fingerprint density at radius 3 is 2.55 bits per heavy atom. The average Bonchev–Trinajstić information content (AvgIpc) is 2.80. The maximum absolute atomic E-state index is 12.9. The van der Waals surface area contributed by atoms with Gasteiger partial charge in [-0.2, -0.15) is 12.7 Å². The van der Waals surface area contributed by atoms with Crippen LogP contribution in [0.2, 0.25) is 0 Å². The van der Waals surface area contributed by atoms with Gasteiger partial charge in [-0.15, -0.1) is 0 Å². The molecule has 0 aromatic heterocycles. The van der Waals surface area contributed by atoms with Gasteiger partial charge in [-0.3, -0.25) is 4.79 Å². The molecule has 22 heavy (non-hydrogen) atoms. The number of carbonyl (C=O) groups is 1. The van der Waals surface area contributed by atoms with Gasteiger partial charge in [-0.25, -0.2) is 9.11 Å². The number of likely N-dealkylation sites (tertiary alicyclic amines) is 1. The van der Waals surface area contributed by atoms with E-state index in [-0.39, 0.29) is 24.2 Å². The lowest BCUT2D eigenvalue weighted by Gasteiger charge is -2.18. The molecule has 1 atom stereocenters. The molecule has 2 rings (SSSR count). The van der Waals surface area contributed by atoms with E-state index in [1.54, 1.807) is 17.0 Å². The van der Waals surface area contributed by atoms with Gasteiger partial charge in [0.25, 0.3) is 10.2 Å². The summed E-state index contributed by atoms with van der Waals surface area (Å²) in [5.41, 5.74) is 0.851. The number of hydrogen-bond acceptors (Lipinski definition) is 3. The van der Waals surface area contributed by atoms with Crippen molar-refractivity contribution in [1.82, 2.24) is 13.9 Å². The summed E-state index contributed by atoms with van der Waals surface area (Å²) in [6.45, 7) is 1.13. The summed E-state index contributed by atoms with van der Waals surface area (Å²) in [7, 11) is -0.578. The van der Waals surface area contributed by atoms with Crippen LogP contribution in [0.1, 0.15) is 12.0 Å². The number of rotatable bonds is 6. The van der Waals surface area contributed by atoms with Crippen LogP contribution in [0.5, 0.6) is 0 Å². The van der Waals surface area contributed by atoms with Crippen LogP contribution in [0.3, 0.4) is 0 Å². The third-order valence-corrected chi connectivity index (χ3v) is 5.11. The zero-order chi connectivity index (χ0) is 16.3. The van der Waals surface area contributed by atoms with E-state index in [0.717, 1.165) is 9.87 Å². The lowest BCUT2D eigenvalue weighted by Crippen LogP contribution is -2.38. The number of benzene rings is 1. The van der Waals surface area contributed by atoms with Gasteiger partial charge in [-0.1, -0.05) is 12.1 Å². The number of halogens is 1. The van der Waals surface area contributed by atoms with Crippen molar-refractivity contribution in [3.05, 3.63) is 35.6 Å². The highest BCUT2D eigenvalue weighted by Crippen LogP contribution is 2.20. The molecule has 1 amide bonds. The number of nitrogens with zero attached hydrogens (tertiary/aromatic N) is 2. The summed E-state index contributed by atoms with van der Waals surface area (Å²) in [6, 6.07) is 6.01. The lowest BCUT2D eigenvalue weighted by atomic mass is 10.1. The van der Waals surface area contributed by atoms with Gasteiger partial charge in [0.2, 0.25) is 5.91 Å². The van der Waals surface area contributed by atoms with E-state index < -0.39 is 10.2 Å². The number of carbonyl (C=O) groups excluding carboxylic acids is 1. The van der Waals surface area contributed by atoms with Crippen LogP contribution >= 0.6 is 0 Å². The first-order valence-corrected chi connectivity index (χ1v) is 8.41. The van der Waals surface area contributed by atoms with E-state index in [4.69, 9.17) is 0 Å². The van der Waals surface area contributed by atoms with E-state index in [2.05, 4.69) is 4.72 Å². The van der Waals surface area contributed by atoms with Crippen LogP contribution in [-0.4, -0.2) is 50.7 Å². The Labute approximate surface area is 130 Å². The average molecular weight is 329 g/mol. The predicted octanol–water partition coefficient (Wildman–Crippen LogP) is 0.570. The van der Waals surface area contributed by atoms with Gasteiger partial charge in [0.05, 0.1) is 0 Å². The van der Waals surface area contributed by atoms with Crippen molar-refractivity contribution >= 4 is 16.1 Å². The van der Waals surface area contributed by atoms with Crippen LogP contribution in [0.15, 0.2) is 24.3 Å². The van der Waals surface area contributed by atoms with E-state index in [9.17, 15) is 17.6 Å². The molecule has 1 aromatic rings. The maximum atomic E-state index is 12.9. The Kier molecular flexibility index (Phi) is 5.15. The molecule has 122 valence electrons. The molecule has 1 fully saturated rings. The first-order chi connectivity index (χ1) is 10.3. The Bertz CT molecular complexity index is 631. The maximum Gasteiger partial charge on any atom is 0.278 e. The molecule has 0 spiro atoms. The summed E-state index contributed by atoms with van der Waals surface area (Å²) >= 11 is 0. The summed E-state index contributed by atoms with van der Waals surface area (Å²) < 4.78 is 39.8. The molecular weight excluding hydrogens is 309 g/mol. The molecule has 1 aliphatic heterocycles. The minimum absolute atomic E-state index is 0.0154. The van der Waals surface area contributed by atoms with Crippen molar-refractivity contribution in [2.75, 3.05) is 27.2 Å². The lowest BCUT2D eigenvalue weighted by molar-refractivity contribution is -0.128. The first-order valence-electron chi connectivity index (χ1n) is 6.97. The topological polar surface area (TPSA) is 69.7 Å². The van der Waals surface area contributed by atoms with Gasteiger partial charge in [-0.05, 0) is 23.6 Å². The molecule has 1 aliphatic rings. The minimum atomic E-state index is -3.47. The molecule has 8 heteroatoms. The minimum Gasteiger partial charge on any atom is -0.338 e. The van der Waals surface area contributed by atoms with Gasteiger partial charge in [0.15, 0.2) is 0 Å². The van der Waals surface area contributed by atoms with E-state index >= 15 is 0 Å². The first kappa shape index (κ1) is 16.9. The van der Waals surface area contributed by atoms with Crippen LogP contribution in [0.25, 0.3) is 0 Å². The summed E-state index contributed by atoms with van der Waals surface area (Å²) in [6.07, 6.45) is 0.317. The van der Waals surface area contributed by atoms with Gasteiger partial charge < -0.3 is 4.90 Å². The molecule has 0 radical (unpaired) electrons. The van der Waals surface area contributed by atoms with Crippen molar-refractivity contribution in [3.8, 4) is 0 Å². The van der Waals surface area contributed by atoms with Gasteiger partial charge in [0.1, 0.15) is 5.82 Å². The fraction of sp³-hybridized carbons (Fsp3) is 0.500. The number of amides is 1. The predicted molar refractivity (Wildman–Crippen MR) is 80.5 cm³/mol. The largest absolute Gasteiger partial charge is 0.338 e. The third-order valence-electron chi connectivity index (χ3n) is 3.62. The molecule has 1 aromatic carbocycles. The highest BCUT2D eigenvalue weighted by atomic mass is 32.2. The summed E-state index contributed by atoms with van der Waals surface area (Å²) in [5, 5.41) is 0. The second-order valence-corrected chi connectivity index (χ2v) is 7.58. The van der Waals surface area contributed by atoms with Crippen LogP contribution in [0, 0.1) is 11.7 Å². The molecule has 0 aliphatic carbocycles.